The van der Waals surface area contributed by atoms with Crippen LogP contribution in [0.1, 0.15) is 32.3 Å². The normalized spacial score (nSPS) is 18.9. The maximum atomic E-state index is 13.3. The summed E-state index contributed by atoms with van der Waals surface area (Å²) in [6.45, 7) is 3.99. The number of amides is 4. The van der Waals surface area contributed by atoms with Crippen LogP contribution in [-0.4, -0.2) is 35.8 Å². The zero-order valence-electron chi connectivity index (χ0n) is 16.2. The summed E-state index contributed by atoms with van der Waals surface area (Å²) >= 11 is 0. The van der Waals surface area contributed by atoms with Crippen LogP contribution in [0.5, 0.6) is 0 Å². The topological polar surface area (TPSA) is 69.7 Å². The highest BCUT2D eigenvalue weighted by molar-refractivity contribution is 6.10. The molecule has 0 aliphatic carbocycles. The van der Waals surface area contributed by atoms with Crippen LogP contribution >= 0.6 is 0 Å². The molecule has 0 aromatic heterocycles. The molecular weight excluding hydrogens is 354 g/mol. The van der Waals surface area contributed by atoms with E-state index in [1.54, 1.807) is 4.90 Å². The molecule has 3 rings (SSSR count). The van der Waals surface area contributed by atoms with E-state index in [1.807, 2.05) is 74.5 Å². The lowest BCUT2D eigenvalue weighted by Crippen LogP contribution is -2.46. The van der Waals surface area contributed by atoms with Gasteiger partial charge in [-0.05, 0) is 31.0 Å². The van der Waals surface area contributed by atoms with E-state index in [2.05, 4.69) is 5.32 Å². The average molecular weight is 379 g/mol. The molecule has 146 valence electrons. The van der Waals surface area contributed by atoms with Gasteiger partial charge in [0.15, 0.2) is 0 Å². The molecule has 0 bridgehead atoms. The lowest BCUT2D eigenvalue weighted by atomic mass is 9.85. The summed E-state index contributed by atoms with van der Waals surface area (Å²) in [4.78, 5) is 41.4. The van der Waals surface area contributed by atoms with Crippen LogP contribution in [-0.2, 0) is 15.1 Å². The number of carbonyl (C=O) groups excluding carboxylic acids is 3. The maximum Gasteiger partial charge on any atom is 0.325 e. The first-order valence-corrected chi connectivity index (χ1v) is 9.58. The molecule has 6 heteroatoms. The van der Waals surface area contributed by atoms with Gasteiger partial charge in [-0.15, -0.1) is 0 Å². The molecular formula is C22H25N3O3. The van der Waals surface area contributed by atoms with Crippen molar-refractivity contribution in [2.24, 2.45) is 0 Å². The summed E-state index contributed by atoms with van der Waals surface area (Å²) in [5.74, 6) is -0.666. The second-order valence-electron chi connectivity index (χ2n) is 6.82. The van der Waals surface area contributed by atoms with E-state index in [4.69, 9.17) is 0 Å². The number of hydrogen-bond donors (Lipinski definition) is 1. The Bertz CT molecular complexity index is 854. The molecule has 1 atom stereocenters. The van der Waals surface area contributed by atoms with Crippen LogP contribution in [0, 0.1) is 0 Å². The monoisotopic (exact) mass is 379 g/mol. The van der Waals surface area contributed by atoms with Gasteiger partial charge in [-0.25, -0.2) is 4.79 Å². The first kappa shape index (κ1) is 19.6. The highest BCUT2D eigenvalue weighted by Gasteiger charge is 2.52. The number of imide groups is 1. The number of nitrogens with zero attached hydrogens (tertiary/aromatic N) is 2. The summed E-state index contributed by atoms with van der Waals surface area (Å²) in [5, 5.41) is 2.85. The first-order valence-electron chi connectivity index (χ1n) is 9.58. The largest absolute Gasteiger partial charge is 0.325 e. The van der Waals surface area contributed by atoms with E-state index in [-0.39, 0.29) is 18.4 Å². The Kier molecular flexibility index (Phi) is 5.78. The Balaban J connectivity index is 1.86. The molecule has 0 spiro atoms. The molecule has 1 heterocycles. The molecule has 0 saturated carbocycles. The maximum absolute atomic E-state index is 13.3. The standard InChI is InChI=1S/C22H25N3O3/c1-3-15-22(17-11-7-5-8-12-17)20(27)25(21(28)23-22)16-19(26)24(4-2)18-13-9-6-10-14-18/h5-14H,3-4,15-16H2,1-2H3,(H,23,28)/t22-/m0/s1. The number of likely N-dealkylation sites (N-methyl/N-ethyl adjacent to an activating group) is 1. The quantitative estimate of drug-likeness (QED) is 0.751. The van der Waals surface area contributed by atoms with Crippen LogP contribution in [0.25, 0.3) is 0 Å². The molecule has 1 saturated heterocycles. The number of hydrogen-bond acceptors (Lipinski definition) is 3. The fraction of sp³-hybridized carbons (Fsp3) is 0.318. The number of carbonyl (C=O) groups is 3. The Hall–Kier alpha value is -3.15. The second-order valence-corrected chi connectivity index (χ2v) is 6.82. The lowest BCUT2D eigenvalue weighted by molar-refractivity contribution is -0.134. The molecule has 4 amide bonds. The van der Waals surface area contributed by atoms with Crippen LogP contribution in [0.2, 0.25) is 0 Å². The third-order valence-corrected chi connectivity index (χ3v) is 5.05. The van der Waals surface area contributed by atoms with Gasteiger partial charge in [-0.2, -0.15) is 0 Å². The number of nitrogens with one attached hydrogen (secondary N) is 1. The third kappa shape index (κ3) is 3.50. The van der Waals surface area contributed by atoms with Crippen LogP contribution in [0.15, 0.2) is 60.7 Å². The van der Waals surface area contributed by atoms with Crippen molar-refractivity contribution in [1.82, 2.24) is 10.2 Å². The van der Waals surface area contributed by atoms with Gasteiger partial charge < -0.3 is 10.2 Å². The van der Waals surface area contributed by atoms with Crippen LogP contribution in [0.3, 0.4) is 0 Å². The fourth-order valence-corrected chi connectivity index (χ4v) is 3.71. The van der Waals surface area contributed by atoms with Crippen molar-refractivity contribution in [2.75, 3.05) is 18.0 Å². The Labute approximate surface area is 165 Å². The van der Waals surface area contributed by atoms with Gasteiger partial charge in [-0.1, -0.05) is 61.9 Å². The predicted octanol–water partition coefficient (Wildman–Crippen LogP) is 3.29. The Morgan fingerprint density at radius 2 is 1.61 bits per heavy atom. The zero-order chi connectivity index (χ0) is 20.1. The highest BCUT2D eigenvalue weighted by Crippen LogP contribution is 2.33. The van der Waals surface area contributed by atoms with E-state index >= 15 is 0 Å². The van der Waals surface area contributed by atoms with Gasteiger partial charge >= 0.3 is 6.03 Å². The van der Waals surface area contributed by atoms with Crippen LogP contribution < -0.4 is 10.2 Å². The van der Waals surface area contributed by atoms with Crippen molar-refractivity contribution in [3.8, 4) is 0 Å². The van der Waals surface area contributed by atoms with E-state index in [1.165, 1.54) is 0 Å². The molecule has 1 N–H and O–H groups in total. The van der Waals surface area contributed by atoms with Crippen molar-refractivity contribution >= 4 is 23.5 Å². The summed E-state index contributed by atoms with van der Waals surface area (Å²) in [6, 6.07) is 17.9. The highest BCUT2D eigenvalue weighted by atomic mass is 16.2. The molecule has 28 heavy (non-hydrogen) atoms. The molecule has 0 radical (unpaired) electrons. The van der Waals surface area contributed by atoms with Gasteiger partial charge in [0.05, 0.1) is 0 Å². The summed E-state index contributed by atoms with van der Waals surface area (Å²) in [5.41, 5.74) is 0.363. The van der Waals surface area contributed by atoms with Crippen molar-refractivity contribution < 1.29 is 14.4 Å². The van der Waals surface area contributed by atoms with Crippen molar-refractivity contribution in [1.29, 1.82) is 0 Å². The summed E-state index contributed by atoms with van der Waals surface area (Å²) in [6.07, 6.45) is 1.19. The fourth-order valence-electron chi connectivity index (χ4n) is 3.71. The molecule has 1 aliphatic heterocycles. The number of anilines is 1. The molecule has 1 fully saturated rings. The van der Waals surface area contributed by atoms with E-state index in [9.17, 15) is 14.4 Å². The number of urea groups is 1. The van der Waals surface area contributed by atoms with Crippen LogP contribution in [0.4, 0.5) is 10.5 Å². The molecule has 2 aromatic carbocycles. The SMILES string of the molecule is CCC[C@@]1(c2ccccc2)NC(=O)N(CC(=O)N(CC)c2ccccc2)C1=O. The average Bonchev–Trinajstić information content (AvgIpc) is 2.95. The minimum absolute atomic E-state index is 0.286. The van der Waals surface area contributed by atoms with E-state index in [0.717, 1.165) is 16.2 Å². The smallest absolute Gasteiger partial charge is 0.319 e. The van der Waals surface area contributed by atoms with Gasteiger partial charge in [0, 0.05) is 12.2 Å². The predicted molar refractivity (Wildman–Crippen MR) is 108 cm³/mol. The van der Waals surface area contributed by atoms with Crippen molar-refractivity contribution in [2.45, 2.75) is 32.2 Å². The third-order valence-electron chi connectivity index (χ3n) is 5.05. The summed E-state index contributed by atoms with van der Waals surface area (Å²) < 4.78 is 0. The minimum atomic E-state index is -1.11. The zero-order valence-corrected chi connectivity index (χ0v) is 16.2. The second kappa shape index (κ2) is 8.25. The Morgan fingerprint density at radius 3 is 2.18 bits per heavy atom. The van der Waals surface area contributed by atoms with E-state index < -0.39 is 11.6 Å². The number of benzene rings is 2. The van der Waals surface area contributed by atoms with Crippen molar-refractivity contribution in [3.05, 3.63) is 66.2 Å². The number of rotatable bonds is 7. The Morgan fingerprint density at radius 1 is 1.00 bits per heavy atom. The molecule has 0 unspecified atom stereocenters. The first-order chi connectivity index (χ1) is 13.5. The number of para-hydroxylation sites is 1. The van der Waals surface area contributed by atoms with Gasteiger partial charge in [0.2, 0.25) is 5.91 Å². The van der Waals surface area contributed by atoms with Gasteiger partial charge in [0.25, 0.3) is 5.91 Å². The minimum Gasteiger partial charge on any atom is -0.319 e. The molecule has 2 aromatic rings. The summed E-state index contributed by atoms with van der Waals surface area (Å²) in [7, 11) is 0. The molecule has 1 aliphatic rings. The van der Waals surface area contributed by atoms with Gasteiger partial charge in [-0.3, -0.25) is 14.5 Å². The molecule has 6 nitrogen and oxygen atoms in total. The van der Waals surface area contributed by atoms with E-state index in [0.29, 0.717) is 19.4 Å². The van der Waals surface area contributed by atoms with Gasteiger partial charge in [0.1, 0.15) is 12.1 Å². The lowest BCUT2D eigenvalue weighted by Gasteiger charge is -2.27. The van der Waals surface area contributed by atoms with Crippen molar-refractivity contribution in [3.63, 3.8) is 0 Å².